The molecule has 0 bridgehead atoms. The second-order valence-electron chi connectivity index (χ2n) is 4.37. The summed E-state index contributed by atoms with van der Waals surface area (Å²) in [6.07, 6.45) is 1.57. The summed E-state index contributed by atoms with van der Waals surface area (Å²) in [6.45, 7) is 5.89. The summed E-state index contributed by atoms with van der Waals surface area (Å²) in [7, 11) is 3.50. The van der Waals surface area contributed by atoms with Crippen LogP contribution in [0.4, 0.5) is 5.69 Å². The van der Waals surface area contributed by atoms with E-state index in [1.807, 2.05) is 20.8 Å². The third-order valence-corrected chi connectivity index (χ3v) is 2.96. The smallest absolute Gasteiger partial charge is 0.246 e. The van der Waals surface area contributed by atoms with Crippen LogP contribution in [0.15, 0.2) is 0 Å². The monoisotopic (exact) mass is 238 g/mol. The molecule has 0 saturated heterocycles. The lowest BCUT2D eigenvalue weighted by Gasteiger charge is -2.19. The molecule has 96 valence electrons. The quantitative estimate of drug-likeness (QED) is 0.858. The highest BCUT2D eigenvalue weighted by Gasteiger charge is 2.22. The van der Waals surface area contributed by atoms with Crippen LogP contribution in [0.3, 0.4) is 0 Å². The van der Waals surface area contributed by atoms with Crippen LogP contribution >= 0.6 is 0 Å². The predicted molar refractivity (Wildman–Crippen MR) is 68.8 cm³/mol. The van der Waals surface area contributed by atoms with E-state index < -0.39 is 0 Å². The van der Waals surface area contributed by atoms with Crippen LogP contribution in [0.1, 0.15) is 38.2 Å². The van der Waals surface area contributed by atoms with Gasteiger partial charge >= 0.3 is 0 Å². The number of nitrogens with two attached hydrogens (primary N) is 1. The highest BCUT2D eigenvalue weighted by molar-refractivity contribution is 5.79. The van der Waals surface area contributed by atoms with Crippen LogP contribution in [0.2, 0.25) is 0 Å². The molecule has 1 unspecified atom stereocenters. The normalized spacial score (nSPS) is 12.5. The molecule has 1 atom stereocenters. The first-order chi connectivity index (χ1) is 7.93. The van der Waals surface area contributed by atoms with Gasteiger partial charge in [0.15, 0.2) is 0 Å². The number of carbonyl (C=O) groups excluding carboxylic acids is 1. The molecule has 0 aliphatic heterocycles. The molecule has 1 amide bonds. The summed E-state index contributed by atoms with van der Waals surface area (Å²) in [4.78, 5) is 13.5. The van der Waals surface area contributed by atoms with E-state index in [1.54, 1.807) is 23.7 Å². The fourth-order valence-corrected chi connectivity index (χ4v) is 1.95. The molecule has 17 heavy (non-hydrogen) atoms. The van der Waals surface area contributed by atoms with Crippen LogP contribution < -0.4 is 5.73 Å². The Morgan fingerprint density at radius 3 is 2.41 bits per heavy atom. The average Bonchev–Trinajstić information content (AvgIpc) is 2.63. The first kappa shape index (κ1) is 13.5. The van der Waals surface area contributed by atoms with E-state index in [-0.39, 0.29) is 11.9 Å². The lowest BCUT2D eigenvalue weighted by Crippen LogP contribution is -2.31. The van der Waals surface area contributed by atoms with Gasteiger partial charge in [-0.2, -0.15) is 5.10 Å². The van der Waals surface area contributed by atoms with Crippen LogP contribution in [-0.4, -0.2) is 34.7 Å². The molecule has 1 rings (SSSR count). The fourth-order valence-electron chi connectivity index (χ4n) is 1.95. The van der Waals surface area contributed by atoms with Gasteiger partial charge in [-0.05, 0) is 19.8 Å². The maximum Gasteiger partial charge on any atom is 0.246 e. The minimum Gasteiger partial charge on any atom is -0.396 e. The number of hydrogen-bond acceptors (Lipinski definition) is 3. The summed E-state index contributed by atoms with van der Waals surface area (Å²) in [5.74, 6) is 0.0323. The van der Waals surface area contributed by atoms with Gasteiger partial charge in [-0.15, -0.1) is 0 Å². The molecule has 1 heterocycles. The molecule has 0 saturated carbocycles. The Morgan fingerprint density at radius 1 is 1.41 bits per heavy atom. The van der Waals surface area contributed by atoms with Crippen LogP contribution in [0, 0.1) is 0 Å². The van der Waals surface area contributed by atoms with E-state index in [0.29, 0.717) is 0 Å². The second kappa shape index (κ2) is 5.21. The zero-order valence-corrected chi connectivity index (χ0v) is 11.3. The maximum absolute atomic E-state index is 11.9. The summed E-state index contributed by atoms with van der Waals surface area (Å²) in [5.41, 5.74) is 8.58. The van der Waals surface area contributed by atoms with E-state index in [2.05, 4.69) is 5.10 Å². The number of hydrogen-bond donors (Lipinski definition) is 1. The molecule has 0 aromatic carbocycles. The molecule has 0 aliphatic rings. The standard InChI is InChI=1S/C12H22N4O/c1-6-9-11(13)10(7-2)16(14-9)8(3)12(17)15(4)5/h8H,6-7,13H2,1-5H3. The molecule has 0 spiro atoms. The van der Waals surface area contributed by atoms with Gasteiger partial charge in [-0.1, -0.05) is 13.8 Å². The Bertz CT molecular complexity index is 409. The predicted octanol–water partition coefficient (Wildman–Crippen LogP) is 1.24. The largest absolute Gasteiger partial charge is 0.396 e. The summed E-state index contributed by atoms with van der Waals surface area (Å²) >= 11 is 0. The number of likely N-dealkylation sites (N-methyl/N-ethyl adjacent to an activating group) is 1. The molecule has 0 aliphatic carbocycles. The van der Waals surface area contributed by atoms with Crippen molar-refractivity contribution >= 4 is 11.6 Å². The Labute approximate surface area is 103 Å². The lowest BCUT2D eigenvalue weighted by molar-refractivity contribution is -0.132. The van der Waals surface area contributed by atoms with Crippen molar-refractivity contribution in [3.63, 3.8) is 0 Å². The molecule has 5 heteroatoms. The van der Waals surface area contributed by atoms with Crippen LogP contribution in [-0.2, 0) is 17.6 Å². The third-order valence-electron chi connectivity index (χ3n) is 2.96. The van der Waals surface area contributed by atoms with Gasteiger partial charge in [0, 0.05) is 14.1 Å². The lowest BCUT2D eigenvalue weighted by atomic mass is 10.2. The third kappa shape index (κ3) is 2.43. The number of nitrogens with zero attached hydrogens (tertiary/aromatic N) is 3. The minimum absolute atomic E-state index is 0.0323. The van der Waals surface area contributed by atoms with Gasteiger partial charge in [-0.25, -0.2) is 0 Å². The van der Waals surface area contributed by atoms with E-state index in [4.69, 9.17) is 5.73 Å². The SMILES string of the molecule is CCc1nn(C(C)C(=O)N(C)C)c(CC)c1N. The Hall–Kier alpha value is -1.52. The molecular formula is C12H22N4O. The molecular weight excluding hydrogens is 216 g/mol. The van der Waals surface area contributed by atoms with Crippen molar-refractivity contribution in [1.29, 1.82) is 0 Å². The van der Waals surface area contributed by atoms with E-state index >= 15 is 0 Å². The van der Waals surface area contributed by atoms with E-state index in [1.165, 1.54) is 0 Å². The number of aryl methyl sites for hydroxylation is 1. The van der Waals surface area contributed by atoms with Crippen LogP contribution in [0.25, 0.3) is 0 Å². The van der Waals surface area contributed by atoms with Crippen molar-refractivity contribution in [2.45, 2.75) is 39.7 Å². The maximum atomic E-state index is 11.9. The Morgan fingerprint density at radius 2 is 2.00 bits per heavy atom. The number of rotatable bonds is 4. The van der Waals surface area contributed by atoms with Gasteiger partial charge < -0.3 is 10.6 Å². The van der Waals surface area contributed by atoms with Gasteiger partial charge in [0.05, 0.1) is 17.1 Å². The Balaban J connectivity index is 3.17. The highest BCUT2D eigenvalue weighted by Crippen LogP contribution is 2.22. The van der Waals surface area contributed by atoms with Crippen molar-refractivity contribution in [2.75, 3.05) is 19.8 Å². The highest BCUT2D eigenvalue weighted by atomic mass is 16.2. The first-order valence-corrected chi connectivity index (χ1v) is 6.00. The van der Waals surface area contributed by atoms with Gasteiger partial charge in [-0.3, -0.25) is 9.48 Å². The van der Waals surface area contributed by atoms with E-state index in [0.717, 1.165) is 29.9 Å². The summed E-state index contributed by atoms with van der Waals surface area (Å²) < 4.78 is 1.76. The summed E-state index contributed by atoms with van der Waals surface area (Å²) in [5, 5.41) is 4.45. The fraction of sp³-hybridized carbons (Fsp3) is 0.667. The summed E-state index contributed by atoms with van der Waals surface area (Å²) in [6, 6.07) is -0.303. The number of amides is 1. The number of anilines is 1. The van der Waals surface area contributed by atoms with Crippen molar-refractivity contribution in [3.8, 4) is 0 Å². The molecule has 0 radical (unpaired) electrons. The van der Waals surface area contributed by atoms with Crippen molar-refractivity contribution in [2.24, 2.45) is 0 Å². The topological polar surface area (TPSA) is 64.2 Å². The molecule has 0 fully saturated rings. The molecule has 5 nitrogen and oxygen atoms in total. The zero-order valence-electron chi connectivity index (χ0n) is 11.3. The first-order valence-electron chi connectivity index (χ1n) is 6.00. The van der Waals surface area contributed by atoms with Crippen LogP contribution in [0.5, 0.6) is 0 Å². The zero-order chi connectivity index (χ0) is 13.2. The van der Waals surface area contributed by atoms with Crippen molar-refractivity contribution < 1.29 is 4.79 Å². The number of aromatic nitrogens is 2. The molecule has 1 aromatic rings. The molecule has 1 aromatic heterocycles. The average molecular weight is 238 g/mol. The van der Waals surface area contributed by atoms with Crippen molar-refractivity contribution in [1.82, 2.24) is 14.7 Å². The van der Waals surface area contributed by atoms with Gasteiger partial charge in [0.1, 0.15) is 6.04 Å². The molecule has 2 N–H and O–H groups in total. The second-order valence-corrected chi connectivity index (χ2v) is 4.37. The number of carbonyl (C=O) groups is 1. The number of nitrogen functional groups attached to an aromatic ring is 1. The Kier molecular flexibility index (Phi) is 4.15. The van der Waals surface area contributed by atoms with E-state index in [9.17, 15) is 4.79 Å². The van der Waals surface area contributed by atoms with Crippen molar-refractivity contribution in [3.05, 3.63) is 11.4 Å². The van der Waals surface area contributed by atoms with Gasteiger partial charge in [0.25, 0.3) is 0 Å². The minimum atomic E-state index is -0.303. The van der Waals surface area contributed by atoms with Gasteiger partial charge in [0.2, 0.25) is 5.91 Å².